The van der Waals surface area contributed by atoms with E-state index < -0.39 is 15.3 Å². The van der Waals surface area contributed by atoms with Gasteiger partial charge < -0.3 is 0 Å². The second kappa shape index (κ2) is 7.00. The minimum absolute atomic E-state index is 0.0168. The van der Waals surface area contributed by atoms with Gasteiger partial charge in [0.25, 0.3) is 0 Å². The van der Waals surface area contributed by atoms with Crippen molar-refractivity contribution in [1.82, 2.24) is 14.8 Å². The summed E-state index contributed by atoms with van der Waals surface area (Å²) >= 11 is 0. The van der Waals surface area contributed by atoms with Gasteiger partial charge in [0.05, 0.1) is 17.2 Å². The number of hydrogen-bond acceptors (Lipinski definition) is 5. The molecular formula is C16H26N4O2S. The minimum atomic E-state index is -3.47. The average Bonchev–Trinajstić information content (AvgIpc) is 2.90. The molecule has 0 unspecified atom stereocenters. The molecule has 0 aliphatic heterocycles. The minimum Gasteiger partial charge on any atom is -0.299 e. The molecule has 1 fully saturated rings. The predicted molar refractivity (Wildman–Crippen MR) is 87.6 cm³/mol. The Kier molecular flexibility index (Phi) is 5.45. The van der Waals surface area contributed by atoms with Gasteiger partial charge in [-0.25, -0.2) is 8.42 Å². The summed E-state index contributed by atoms with van der Waals surface area (Å²) in [6.07, 6.45) is 6.45. The third-order valence-corrected chi connectivity index (χ3v) is 6.23. The van der Waals surface area contributed by atoms with Gasteiger partial charge in [-0.2, -0.15) is 5.26 Å². The van der Waals surface area contributed by atoms with Crippen LogP contribution in [0.25, 0.3) is 0 Å². The van der Waals surface area contributed by atoms with Gasteiger partial charge in [0.15, 0.2) is 0 Å². The van der Waals surface area contributed by atoms with Crippen LogP contribution in [0.3, 0.4) is 0 Å². The fourth-order valence-corrected chi connectivity index (χ4v) is 4.63. The number of rotatable bonds is 6. The molecule has 0 spiro atoms. The van der Waals surface area contributed by atoms with Crippen molar-refractivity contribution < 1.29 is 8.42 Å². The van der Waals surface area contributed by atoms with E-state index in [0.717, 1.165) is 25.7 Å². The summed E-state index contributed by atoms with van der Waals surface area (Å²) in [6.45, 7) is 5.47. The molecule has 7 heteroatoms. The molecular weight excluding hydrogens is 312 g/mol. The van der Waals surface area contributed by atoms with Gasteiger partial charge in [-0.15, -0.1) is 10.2 Å². The molecule has 1 aliphatic carbocycles. The third kappa shape index (κ3) is 4.31. The van der Waals surface area contributed by atoms with Crippen LogP contribution in [0.2, 0.25) is 0 Å². The molecule has 0 saturated heterocycles. The molecule has 0 N–H and O–H groups in total. The van der Waals surface area contributed by atoms with Crippen LogP contribution in [-0.2, 0) is 9.84 Å². The largest absolute Gasteiger partial charge is 0.299 e. The topological polar surface area (TPSA) is 88.6 Å². The van der Waals surface area contributed by atoms with Gasteiger partial charge in [0.2, 0.25) is 15.0 Å². The Morgan fingerprint density at radius 2 is 1.91 bits per heavy atom. The normalized spacial score (nSPS) is 17.1. The van der Waals surface area contributed by atoms with E-state index in [-0.39, 0.29) is 17.0 Å². The predicted octanol–water partition coefficient (Wildman–Crippen LogP) is 3.20. The maximum atomic E-state index is 12.7. The molecule has 128 valence electrons. The molecule has 2 rings (SSSR count). The Bertz CT molecular complexity index is 679. The summed E-state index contributed by atoms with van der Waals surface area (Å²) in [5.41, 5.74) is -0.498. The van der Waals surface area contributed by atoms with Crippen LogP contribution in [0.15, 0.2) is 5.16 Å². The lowest BCUT2D eigenvalue weighted by molar-refractivity contribution is 0.329. The van der Waals surface area contributed by atoms with Crippen molar-refractivity contribution in [2.45, 2.75) is 76.9 Å². The number of nitriles is 1. The number of aromatic nitrogens is 3. The number of sulfone groups is 1. The van der Waals surface area contributed by atoms with E-state index >= 15 is 0 Å². The van der Waals surface area contributed by atoms with Gasteiger partial charge in [-0.3, -0.25) is 4.57 Å². The molecule has 6 nitrogen and oxygen atoms in total. The molecule has 23 heavy (non-hydrogen) atoms. The average molecular weight is 338 g/mol. The SMILES string of the molecule is Cc1nnc(S(=O)(=O)CCCC(C)(C)C#N)n1C1CCCCC1. The first kappa shape index (κ1) is 17.9. The fraction of sp³-hybridized carbons (Fsp3) is 0.812. The van der Waals surface area contributed by atoms with E-state index in [1.807, 2.05) is 25.3 Å². The van der Waals surface area contributed by atoms with Gasteiger partial charge in [0.1, 0.15) is 5.82 Å². The van der Waals surface area contributed by atoms with E-state index in [0.29, 0.717) is 18.7 Å². The first-order valence-corrected chi connectivity index (χ1v) is 9.97. The van der Waals surface area contributed by atoms with Crippen molar-refractivity contribution in [3.8, 4) is 6.07 Å². The number of aryl methyl sites for hydroxylation is 1. The van der Waals surface area contributed by atoms with Crippen molar-refractivity contribution in [2.24, 2.45) is 5.41 Å². The lowest BCUT2D eigenvalue weighted by atomic mass is 9.90. The summed E-state index contributed by atoms with van der Waals surface area (Å²) in [5, 5.41) is 17.1. The molecule has 1 aromatic heterocycles. The van der Waals surface area contributed by atoms with E-state index in [4.69, 9.17) is 5.26 Å². The monoisotopic (exact) mass is 338 g/mol. The van der Waals surface area contributed by atoms with Crippen LogP contribution in [-0.4, -0.2) is 28.9 Å². The summed E-state index contributed by atoms with van der Waals surface area (Å²) < 4.78 is 27.2. The molecule has 0 aromatic carbocycles. The Morgan fingerprint density at radius 1 is 1.26 bits per heavy atom. The molecule has 0 atom stereocenters. The van der Waals surface area contributed by atoms with Crippen molar-refractivity contribution in [1.29, 1.82) is 5.26 Å². The molecule has 1 aromatic rings. The molecule has 1 saturated carbocycles. The molecule has 0 radical (unpaired) electrons. The second-order valence-electron chi connectivity index (χ2n) is 7.11. The summed E-state index contributed by atoms with van der Waals surface area (Å²) in [4.78, 5) is 0. The maximum Gasteiger partial charge on any atom is 0.249 e. The molecule has 0 bridgehead atoms. The zero-order valence-electron chi connectivity index (χ0n) is 14.2. The quantitative estimate of drug-likeness (QED) is 0.794. The van der Waals surface area contributed by atoms with Crippen molar-refractivity contribution in [3.63, 3.8) is 0 Å². The maximum absolute atomic E-state index is 12.7. The van der Waals surface area contributed by atoms with E-state index in [9.17, 15) is 8.42 Å². The molecule has 1 aliphatic rings. The molecule has 0 amide bonds. The smallest absolute Gasteiger partial charge is 0.249 e. The highest BCUT2D eigenvalue weighted by Gasteiger charge is 2.29. The first-order valence-electron chi connectivity index (χ1n) is 8.32. The van der Waals surface area contributed by atoms with Gasteiger partial charge >= 0.3 is 0 Å². The van der Waals surface area contributed by atoms with Gasteiger partial charge in [-0.1, -0.05) is 19.3 Å². The fourth-order valence-electron chi connectivity index (χ4n) is 3.17. The van der Waals surface area contributed by atoms with Gasteiger partial charge in [0, 0.05) is 6.04 Å². The lowest BCUT2D eigenvalue weighted by Crippen LogP contribution is -2.21. The van der Waals surface area contributed by atoms with E-state index in [1.165, 1.54) is 6.42 Å². The van der Waals surface area contributed by atoms with Crippen molar-refractivity contribution in [2.75, 3.05) is 5.75 Å². The number of hydrogen-bond donors (Lipinski definition) is 0. The van der Waals surface area contributed by atoms with Gasteiger partial charge in [-0.05, 0) is 46.5 Å². The Hall–Kier alpha value is -1.42. The highest BCUT2D eigenvalue weighted by molar-refractivity contribution is 7.91. The number of nitrogens with zero attached hydrogens (tertiary/aromatic N) is 4. The first-order chi connectivity index (χ1) is 10.8. The molecule has 1 heterocycles. The van der Waals surface area contributed by atoms with E-state index in [1.54, 1.807) is 0 Å². The van der Waals surface area contributed by atoms with E-state index in [2.05, 4.69) is 16.3 Å². The standard InChI is InChI=1S/C16H26N4O2S/c1-13-18-19-15(20(13)14-8-5-4-6-9-14)23(21,22)11-7-10-16(2,3)12-17/h14H,4-11H2,1-3H3. The highest BCUT2D eigenvalue weighted by atomic mass is 32.2. The van der Waals surface area contributed by atoms with Crippen LogP contribution in [0, 0.1) is 23.7 Å². The summed E-state index contributed by atoms with van der Waals surface area (Å²) in [7, 11) is -3.47. The van der Waals surface area contributed by atoms with Crippen molar-refractivity contribution in [3.05, 3.63) is 5.82 Å². The van der Waals surface area contributed by atoms with Crippen LogP contribution < -0.4 is 0 Å². The summed E-state index contributed by atoms with van der Waals surface area (Å²) in [6, 6.07) is 2.40. The van der Waals surface area contributed by atoms with Crippen molar-refractivity contribution >= 4 is 9.84 Å². The zero-order valence-corrected chi connectivity index (χ0v) is 15.1. The van der Waals surface area contributed by atoms with Crippen LogP contribution >= 0.6 is 0 Å². The summed E-state index contributed by atoms with van der Waals surface area (Å²) in [5.74, 6) is 0.691. The van der Waals surface area contributed by atoms with Crippen LogP contribution in [0.1, 0.15) is 70.7 Å². The Balaban J connectivity index is 2.15. The van der Waals surface area contributed by atoms with Crippen LogP contribution in [0.4, 0.5) is 0 Å². The second-order valence-corrected chi connectivity index (χ2v) is 9.11. The highest BCUT2D eigenvalue weighted by Crippen LogP contribution is 2.31. The Morgan fingerprint density at radius 3 is 2.52 bits per heavy atom. The van der Waals surface area contributed by atoms with Crippen LogP contribution in [0.5, 0.6) is 0 Å². The lowest BCUT2D eigenvalue weighted by Gasteiger charge is -2.25. The Labute approximate surface area is 138 Å². The third-order valence-electron chi connectivity index (χ3n) is 4.57. The zero-order chi connectivity index (χ0) is 17.1.